The average Bonchev–Trinajstić information content (AvgIpc) is 3.18. The largest absolute Gasteiger partial charge is 0.334 e. The van der Waals surface area contributed by atoms with E-state index in [2.05, 4.69) is 45.0 Å². The molecule has 0 bridgehead atoms. The zero-order valence-electron chi connectivity index (χ0n) is 20.1. The van der Waals surface area contributed by atoms with Gasteiger partial charge in [-0.05, 0) is 34.1 Å². The minimum Gasteiger partial charge on any atom is -0.334 e. The Hall–Kier alpha value is -2.92. The van der Waals surface area contributed by atoms with Crippen LogP contribution in [-0.4, -0.2) is 36.8 Å². The number of nitrogens with zero attached hydrogens (tertiary/aromatic N) is 1. The molecule has 0 N–H and O–H groups in total. The van der Waals surface area contributed by atoms with Gasteiger partial charge in [-0.15, -0.1) is 0 Å². The summed E-state index contributed by atoms with van der Waals surface area (Å²) in [6.45, 7) is 6.90. The van der Waals surface area contributed by atoms with Crippen LogP contribution in [0.15, 0.2) is 84.9 Å². The van der Waals surface area contributed by atoms with Crippen molar-refractivity contribution in [3.8, 4) is 0 Å². The predicted octanol–water partition coefficient (Wildman–Crippen LogP) is 5.33. The second-order valence-corrected chi connectivity index (χ2v) is 12.5. The molecular weight excluding hydrogens is 442 g/mol. The monoisotopic (exact) mass is 475 g/mol. The third-order valence-corrected chi connectivity index (χ3v) is 8.37. The van der Waals surface area contributed by atoms with Crippen LogP contribution in [0.3, 0.4) is 0 Å². The lowest BCUT2D eigenvalue weighted by atomic mass is 9.86. The first kappa shape index (κ1) is 24.2. The molecule has 1 saturated heterocycles. The molecule has 1 amide bonds. The fraction of sp³-hybridized carbons (Fsp3) is 0.345. The zero-order valence-corrected chi connectivity index (χ0v) is 21.0. The van der Waals surface area contributed by atoms with Gasteiger partial charge in [0.1, 0.15) is 0 Å². The standard InChI is InChI=1S/C29H33NO3S/c1-29(2,3)25-16-14-22(15-17-25)20-30(26-18-19-34(32,33)21-26)28(31)27(23-10-6-4-7-11-23)24-12-8-5-9-13-24/h4-17,26-27H,18-21H2,1-3H3. The van der Waals surface area contributed by atoms with Crippen LogP contribution in [0.2, 0.25) is 0 Å². The Morgan fingerprint density at radius 2 is 1.41 bits per heavy atom. The highest BCUT2D eigenvalue weighted by Gasteiger charge is 2.38. The average molecular weight is 476 g/mol. The normalized spacial score (nSPS) is 17.6. The van der Waals surface area contributed by atoms with E-state index in [0.29, 0.717) is 13.0 Å². The Kier molecular flexibility index (Phi) is 6.94. The molecule has 1 fully saturated rings. The van der Waals surface area contributed by atoms with E-state index in [9.17, 15) is 13.2 Å². The first-order valence-corrected chi connectivity index (χ1v) is 13.7. The third-order valence-electron chi connectivity index (χ3n) is 6.62. The SMILES string of the molecule is CC(C)(C)c1ccc(CN(C(=O)C(c2ccccc2)c2ccccc2)C2CCS(=O)(=O)C2)cc1. The van der Waals surface area contributed by atoms with Gasteiger partial charge in [-0.3, -0.25) is 4.79 Å². The lowest BCUT2D eigenvalue weighted by molar-refractivity contribution is -0.134. The molecular formula is C29H33NO3S. The number of benzene rings is 3. The third kappa shape index (κ3) is 5.58. The van der Waals surface area contributed by atoms with Crippen LogP contribution >= 0.6 is 0 Å². The first-order valence-electron chi connectivity index (χ1n) is 11.8. The van der Waals surface area contributed by atoms with E-state index in [-0.39, 0.29) is 28.9 Å². The minimum atomic E-state index is -3.14. The maximum absolute atomic E-state index is 14.2. The van der Waals surface area contributed by atoms with Crippen molar-refractivity contribution in [1.82, 2.24) is 4.90 Å². The molecule has 0 saturated carbocycles. The quantitative estimate of drug-likeness (QED) is 0.484. The molecule has 0 spiro atoms. The highest BCUT2D eigenvalue weighted by Crippen LogP contribution is 2.31. The van der Waals surface area contributed by atoms with Crippen LogP contribution in [-0.2, 0) is 26.6 Å². The summed E-state index contributed by atoms with van der Waals surface area (Å²) in [7, 11) is -3.14. The smallest absolute Gasteiger partial charge is 0.235 e. The lowest BCUT2D eigenvalue weighted by Gasteiger charge is -2.32. The van der Waals surface area contributed by atoms with E-state index in [0.717, 1.165) is 16.7 Å². The molecule has 5 heteroatoms. The van der Waals surface area contributed by atoms with Gasteiger partial charge in [-0.2, -0.15) is 0 Å². The van der Waals surface area contributed by atoms with E-state index >= 15 is 0 Å². The molecule has 178 valence electrons. The number of hydrogen-bond acceptors (Lipinski definition) is 3. The van der Waals surface area contributed by atoms with Crippen molar-refractivity contribution < 1.29 is 13.2 Å². The highest BCUT2D eigenvalue weighted by atomic mass is 32.2. The number of carbonyl (C=O) groups is 1. The van der Waals surface area contributed by atoms with Crippen LogP contribution in [0.25, 0.3) is 0 Å². The van der Waals surface area contributed by atoms with Crippen molar-refractivity contribution >= 4 is 15.7 Å². The summed E-state index contributed by atoms with van der Waals surface area (Å²) < 4.78 is 24.7. The summed E-state index contributed by atoms with van der Waals surface area (Å²) in [5.41, 5.74) is 4.09. The van der Waals surface area contributed by atoms with Crippen molar-refractivity contribution in [3.05, 3.63) is 107 Å². The van der Waals surface area contributed by atoms with Gasteiger partial charge in [0, 0.05) is 12.6 Å². The van der Waals surface area contributed by atoms with Crippen molar-refractivity contribution in [2.45, 2.75) is 51.1 Å². The van der Waals surface area contributed by atoms with E-state index in [4.69, 9.17) is 0 Å². The zero-order chi connectivity index (χ0) is 24.3. The van der Waals surface area contributed by atoms with Crippen LogP contribution in [0.4, 0.5) is 0 Å². The van der Waals surface area contributed by atoms with Gasteiger partial charge < -0.3 is 4.90 Å². The van der Waals surface area contributed by atoms with Gasteiger partial charge >= 0.3 is 0 Å². The molecule has 0 radical (unpaired) electrons. The maximum Gasteiger partial charge on any atom is 0.235 e. The van der Waals surface area contributed by atoms with Gasteiger partial charge in [0.25, 0.3) is 0 Å². The summed E-state index contributed by atoms with van der Waals surface area (Å²) in [5, 5.41) is 0. The van der Waals surface area contributed by atoms with E-state index in [1.165, 1.54) is 5.56 Å². The summed E-state index contributed by atoms with van der Waals surface area (Å²) in [5.74, 6) is -0.389. The first-order chi connectivity index (χ1) is 16.1. The summed E-state index contributed by atoms with van der Waals surface area (Å²) >= 11 is 0. The number of amides is 1. The number of sulfone groups is 1. The Balaban J connectivity index is 1.72. The van der Waals surface area contributed by atoms with Gasteiger partial charge in [0.15, 0.2) is 9.84 Å². The molecule has 1 unspecified atom stereocenters. The van der Waals surface area contributed by atoms with E-state index in [1.54, 1.807) is 4.90 Å². The van der Waals surface area contributed by atoms with E-state index < -0.39 is 15.8 Å². The fourth-order valence-corrected chi connectivity index (χ4v) is 6.38. The summed E-state index contributed by atoms with van der Waals surface area (Å²) in [6.07, 6.45) is 0.477. The molecule has 1 heterocycles. The molecule has 3 aromatic rings. The topological polar surface area (TPSA) is 54.5 Å². The molecule has 1 aliphatic heterocycles. The van der Waals surface area contributed by atoms with Crippen LogP contribution in [0.5, 0.6) is 0 Å². The van der Waals surface area contributed by atoms with Gasteiger partial charge in [-0.1, -0.05) is 106 Å². The van der Waals surface area contributed by atoms with Gasteiger partial charge in [-0.25, -0.2) is 8.42 Å². The highest BCUT2D eigenvalue weighted by molar-refractivity contribution is 7.91. The molecule has 1 aliphatic rings. The van der Waals surface area contributed by atoms with Crippen molar-refractivity contribution in [2.24, 2.45) is 0 Å². The molecule has 0 aliphatic carbocycles. The Labute approximate surface area is 203 Å². The van der Waals surface area contributed by atoms with Crippen LogP contribution < -0.4 is 0 Å². The summed E-state index contributed by atoms with van der Waals surface area (Å²) in [6, 6.07) is 27.5. The van der Waals surface area contributed by atoms with Crippen molar-refractivity contribution in [2.75, 3.05) is 11.5 Å². The molecule has 34 heavy (non-hydrogen) atoms. The number of carbonyl (C=O) groups excluding carboxylic acids is 1. The summed E-state index contributed by atoms with van der Waals surface area (Å²) in [4.78, 5) is 16.0. The number of hydrogen-bond donors (Lipinski definition) is 0. The fourth-order valence-electron chi connectivity index (χ4n) is 4.65. The molecule has 3 aromatic carbocycles. The maximum atomic E-state index is 14.2. The van der Waals surface area contributed by atoms with E-state index in [1.807, 2.05) is 60.7 Å². The molecule has 4 nitrogen and oxygen atoms in total. The second-order valence-electron chi connectivity index (χ2n) is 10.2. The van der Waals surface area contributed by atoms with Crippen molar-refractivity contribution in [3.63, 3.8) is 0 Å². The Morgan fingerprint density at radius 1 is 0.882 bits per heavy atom. The van der Waals surface area contributed by atoms with Gasteiger partial charge in [0.2, 0.25) is 5.91 Å². The molecule has 0 aromatic heterocycles. The van der Waals surface area contributed by atoms with Crippen LogP contribution in [0.1, 0.15) is 55.4 Å². The second kappa shape index (κ2) is 9.75. The lowest BCUT2D eigenvalue weighted by Crippen LogP contribution is -2.43. The Morgan fingerprint density at radius 3 is 1.85 bits per heavy atom. The predicted molar refractivity (Wildman–Crippen MR) is 137 cm³/mol. The molecule has 4 rings (SSSR count). The van der Waals surface area contributed by atoms with Gasteiger partial charge in [0.05, 0.1) is 17.4 Å². The number of rotatable bonds is 6. The van der Waals surface area contributed by atoms with Crippen molar-refractivity contribution in [1.29, 1.82) is 0 Å². The minimum absolute atomic E-state index is 0.0229. The Bertz CT molecular complexity index is 1170. The van der Waals surface area contributed by atoms with Crippen LogP contribution in [0, 0.1) is 0 Å². The molecule has 1 atom stereocenters.